The zero-order valence-electron chi connectivity index (χ0n) is 8.75. The summed E-state index contributed by atoms with van der Waals surface area (Å²) < 4.78 is 4.99. The minimum atomic E-state index is -0.131. The van der Waals surface area contributed by atoms with Crippen molar-refractivity contribution in [3.05, 3.63) is 17.8 Å². The first-order valence-corrected chi connectivity index (χ1v) is 5.19. The summed E-state index contributed by atoms with van der Waals surface area (Å²) in [5, 5.41) is 6.21. The van der Waals surface area contributed by atoms with Crippen LogP contribution < -0.4 is 10.6 Å². The molecular weight excluding hydrogens is 194 g/mol. The van der Waals surface area contributed by atoms with Crippen molar-refractivity contribution < 1.29 is 9.21 Å². The third kappa shape index (κ3) is 2.36. The zero-order valence-corrected chi connectivity index (χ0v) is 8.75. The summed E-state index contributed by atoms with van der Waals surface area (Å²) in [6.45, 7) is 3.66. The fourth-order valence-corrected chi connectivity index (χ4v) is 1.74. The molecule has 1 aliphatic rings. The smallest absolute Gasteiger partial charge is 0.273 e. The number of carbonyl (C=O) groups is 1. The van der Waals surface area contributed by atoms with E-state index in [2.05, 4.69) is 15.6 Å². The Hall–Kier alpha value is -1.36. The topological polar surface area (TPSA) is 67.2 Å². The van der Waals surface area contributed by atoms with E-state index in [1.807, 2.05) is 0 Å². The predicted molar refractivity (Wildman–Crippen MR) is 54.6 cm³/mol. The second kappa shape index (κ2) is 4.44. The lowest BCUT2D eigenvalue weighted by Crippen LogP contribution is -2.42. The van der Waals surface area contributed by atoms with Crippen molar-refractivity contribution in [2.75, 3.05) is 13.1 Å². The molecule has 82 valence electrons. The summed E-state index contributed by atoms with van der Waals surface area (Å²) in [5.74, 6) is 0.439. The van der Waals surface area contributed by atoms with Crippen LogP contribution in [0, 0.1) is 6.92 Å². The lowest BCUT2D eigenvalue weighted by atomic mass is 10.1. The van der Waals surface area contributed by atoms with Gasteiger partial charge in [-0.25, -0.2) is 4.98 Å². The summed E-state index contributed by atoms with van der Waals surface area (Å²) in [4.78, 5) is 15.6. The third-order valence-corrected chi connectivity index (χ3v) is 2.63. The molecule has 0 unspecified atom stereocenters. The Morgan fingerprint density at radius 1 is 1.60 bits per heavy atom. The predicted octanol–water partition coefficient (Wildman–Crippen LogP) is 0.465. The fraction of sp³-hybridized carbons (Fsp3) is 0.600. The van der Waals surface area contributed by atoms with Gasteiger partial charge in [0, 0.05) is 6.04 Å². The van der Waals surface area contributed by atoms with Crippen LogP contribution in [0.25, 0.3) is 0 Å². The minimum absolute atomic E-state index is 0.131. The highest BCUT2D eigenvalue weighted by atomic mass is 16.3. The minimum Gasteiger partial charge on any atom is -0.448 e. The quantitative estimate of drug-likeness (QED) is 0.742. The Bertz CT molecular complexity index is 342. The van der Waals surface area contributed by atoms with Crippen LogP contribution in [0.2, 0.25) is 0 Å². The molecule has 15 heavy (non-hydrogen) atoms. The molecule has 1 saturated heterocycles. The number of nitrogens with zero attached hydrogens (tertiary/aromatic N) is 1. The van der Waals surface area contributed by atoms with E-state index < -0.39 is 0 Å². The molecular formula is C10H15N3O2. The van der Waals surface area contributed by atoms with Gasteiger partial charge in [-0.05, 0) is 32.9 Å². The summed E-state index contributed by atoms with van der Waals surface area (Å²) in [6.07, 6.45) is 3.25. The molecule has 0 aromatic carbocycles. The highest BCUT2D eigenvalue weighted by molar-refractivity contribution is 5.93. The molecule has 2 N–H and O–H groups in total. The van der Waals surface area contributed by atoms with Gasteiger partial charge in [0.25, 0.3) is 5.91 Å². The monoisotopic (exact) mass is 209 g/mol. The first-order valence-electron chi connectivity index (χ1n) is 5.19. The zero-order chi connectivity index (χ0) is 10.7. The van der Waals surface area contributed by atoms with Gasteiger partial charge < -0.3 is 15.1 Å². The van der Waals surface area contributed by atoms with E-state index in [0.717, 1.165) is 25.9 Å². The molecule has 1 aromatic rings. The van der Waals surface area contributed by atoms with Crippen molar-refractivity contribution in [3.63, 3.8) is 0 Å². The lowest BCUT2D eigenvalue weighted by molar-refractivity contribution is 0.0923. The molecule has 0 radical (unpaired) electrons. The van der Waals surface area contributed by atoms with Crippen LogP contribution in [0.15, 0.2) is 10.8 Å². The van der Waals surface area contributed by atoms with Crippen molar-refractivity contribution >= 4 is 5.91 Å². The number of carbonyl (C=O) groups excluding carboxylic acids is 1. The van der Waals surface area contributed by atoms with E-state index in [1.165, 1.54) is 6.39 Å². The normalized spacial score (nSPS) is 17.7. The Kier molecular flexibility index (Phi) is 3.01. The SMILES string of the molecule is Cc1ocnc1C(=O)NC1CCNCC1. The molecule has 2 heterocycles. The van der Waals surface area contributed by atoms with Gasteiger partial charge in [0.15, 0.2) is 12.1 Å². The Morgan fingerprint density at radius 3 is 2.93 bits per heavy atom. The maximum Gasteiger partial charge on any atom is 0.273 e. The average Bonchev–Trinajstić information content (AvgIpc) is 2.66. The van der Waals surface area contributed by atoms with Crippen molar-refractivity contribution in [2.45, 2.75) is 25.8 Å². The number of rotatable bonds is 2. The molecule has 5 nitrogen and oxygen atoms in total. The van der Waals surface area contributed by atoms with Crippen LogP contribution in [-0.2, 0) is 0 Å². The van der Waals surface area contributed by atoms with Crippen molar-refractivity contribution in [2.24, 2.45) is 0 Å². The van der Waals surface area contributed by atoms with Crippen LogP contribution in [0.5, 0.6) is 0 Å². The Labute approximate surface area is 88.3 Å². The van der Waals surface area contributed by atoms with Crippen LogP contribution in [0.1, 0.15) is 29.1 Å². The molecule has 0 saturated carbocycles. The second-order valence-corrected chi connectivity index (χ2v) is 3.75. The summed E-state index contributed by atoms with van der Waals surface area (Å²) in [5.41, 5.74) is 0.397. The second-order valence-electron chi connectivity index (χ2n) is 3.75. The average molecular weight is 209 g/mol. The molecule has 1 fully saturated rings. The van der Waals surface area contributed by atoms with E-state index in [0.29, 0.717) is 11.5 Å². The molecule has 0 bridgehead atoms. The highest BCUT2D eigenvalue weighted by Gasteiger charge is 2.19. The van der Waals surface area contributed by atoms with Gasteiger partial charge in [0.2, 0.25) is 0 Å². The van der Waals surface area contributed by atoms with Gasteiger partial charge in [0.05, 0.1) is 0 Å². The lowest BCUT2D eigenvalue weighted by Gasteiger charge is -2.23. The molecule has 1 aromatic heterocycles. The number of aryl methyl sites for hydroxylation is 1. The first-order chi connectivity index (χ1) is 7.27. The molecule has 0 aliphatic carbocycles. The Morgan fingerprint density at radius 2 is 2.33 bits per heavy atom. The van der Waals surface area contributed by atoms with Gasteiger partial charge in [0.1, 0.15) is 5.76 Å². The number of hydrogen-bond donors (Lipinski definition) is 2. The van der Waals surface area contributed by atoms with Crippen LogP contribution in [0.3, 0.4) is 0 Å². The number of piperidine rings is 1. The summed E-state index contributed by atoms with van der Waals surface area (Å²) in [6, 6.07) is 0.259. The van der Waals surface area contributed by atoms with Crippen LogP contribution in [-0.4, -0.2) is 30.0 Å². The van der Waals surface area contributed by atoms with E-state index in [9.17, 15) is 4.79 Å². The first kappa shape index (κ1) is 10.2. The van der Waals surface area contributed by atoms with Gasteiger partial charge in [-0.2, -0.15) is 0 Å². The maximum atomic E-state index is 11.7. The summed E-state index contributed by atoms with van der Waals surface area (Å²) >= 11 is 0. The van der Waals surface area contributed by atoms with Crippen molar-refractivity contribution in [1.29, 1.82) is 0 Å². The number of hydrogen-bond acceptors (Lipinski definition) is 4. The number of aromatic nitrogens is 1. The molecule has 5 heteroatoms. The molecule has 1 aliphatic heterocycles. The molecule has 0 atom stereocenters. The van der Waals surface area contributed by atoms with Crippen LogP contribution in [0.4, 0.5) is 0 Å². The Balaban J connectivity index is 1.94. The van der Waals surface area contributed by atoms with E-state index in [-0.39, 0.29) is 11.9 Å². The molecule has 1 amide bonds. The van der Waals surface area contributed by atoms with Gasteiger partial charge in [-0.1, -0.05) is 0 Å². The summed E-state index contributed by atoms with van der Waals surface area (Å²) in [7, 11) is 0. The fourth-order valence-electron chi connectivity index (χ4n) is 1.74. The standard InChI is InChI=1S/C10H15N3O2/c1-7-9(12-6-15-7)10(14)13-8-2-4-11-5-3-8/h6,8,11H,2-5H2,1H3,(H,13,14). The van der Waals surface area contributed by atoms with E-state index >= 15 is 0 Å². The maximum absolute atomic E-state index is 11.7. The molecule has 0 spiro atoms. The number of oxazole rings is 1. The third-order valence-electron chi connectivity index (χ3n) is 2.63. The van der Waals surface area contributed by atoms with Crippen molar-refractivity contribution in [1.82, 2.24) is 15.6 Å². The highest BCUT2D eigenvalue weighted by Crippen LogP contribution is 2.07. The number of amides is 1. The van der Waals surface area contributed by atoms with Crippen LogP contribution >= 0.6 is 0 Å². The van der Waals surface area contributed by atoms with E-state index in [1.54, 1.807) is 6.92 Å². The molecule has 2 rings (SSSR count). The van der Waals surface area contributed by atoms with Gasteiger partial charge in [-0.3, -0.25) is 4.79 Å². The van der Waals surface area contributed by atoms with E-state index in [4.69, 9.17) is 4.42 Å². The number of nitrogens with one attached hydrogen (secondary N) is 2. The van der Waals surface area contributed by atoms with Crippen molar-refractivity contribution in [3.8, 4) is 0 Å². The van der Waals surface area contributed by atoms with Gasteiger partial charge >= 0.3 is 0 Å². The van der Waals surface area contributed by atoms with Gasteiger partial charge in [-0.15, -0.1) is 0 Å². The largest absolute Gasteiger partial charge is 0.448 e.